The summed E-state index contributed by atoms with van der Waals surface area (Å²) >= 11 is 0. The van der Waals surface area contributed by atoms with Gasteiger partial charge in [0.2, 0.25) is 11.8 Å². The van der Waals surface area contributed by atoms with E-state index in [1.165, 1.54) is 16.8 Å². The summed E-state index contributed by atoms with van der Waals surface area (Å²) in [5, 5.41) is 17.7. The maximum absolute atomic E-state index is 13.3. The molecule has 3 aliphatic rings. The highest BCUT2D eigenvalue weighted by atomic mass is 19.3. The highest BCUT2D eigenvalue weighted by Gasteiger charge is 2.48. The van der Waals surface area contributed by atoms with Crippen molar-refractivity contribution in [2.45, 2.75) is 64.1 Å². The maximum atomic E-state index is 13.3. The molecule has 37 heavy (non-hydrogen) atoms. The molecular formula is C25H32F2N6O4. The van der Waals surface area contributed by atoms with E-state index >= 15 is 0 Å². The lowest BCUT2D eigenvalue weighted by atomic mass is 9.86. The van der Waals surface area contributed by atoms with Crippen LogP contribution >= 0.6 is 0 Å². The Bertz CT molecular complexity index is 1300. The summed E-state index contributed by atoms with van der Waals surface area (Å²) in [7, 11) is 0. The minimum atomic E-state index is -2.57. The first-order valence-corrected chi connectivity index (χ1v) is 12.8. The van der Waals surface area contributed by atoms with E-state index in [1.807, 2.05) is 18.7 Å². The van der Waals surface area contributed by atoms with E-state index in [1.54, 1.807) is 11.0 Å². The van der Waals surface area contributed by atoms with Crippen LogP contribution in [0.1, 0.15) is 55.5 Å². The van der Waals surface area contributed by atoms with Crippen LogP contribution in [0.5, 0.6) is 5.88 Å². The maximum Gasteiger partial charge on any atom is 0.270 e. The van der Waals surface area contributed by atoms with Crippen molar-refractivity contribution in [1.82, 2.24) is 29.3 Å². The molecule has 200 valence electrons. The molecule has 2 amide bonds. The summed E-state index contributed by atoms with van der Waals surface area (Å²) in [4.78, 5) is 42.5. The molecule has 1 aliphatic heterocycles. The number of aromatic hydroxyl groups is 1. The highest BCUT2D eigenvalue weighted by Crippen LogP contribution is 2.40. The van der Waals surface area contributed by atoms with Gasteiger partial charge in [0.15, 0.2) is 5.56 Å². The zero-order chi connectivity index (χ0) is 26.5. The molecule has 2 saturated carbocycles. The number of aromatic nitrogens is 3. The zero-order valence-electron chi connectivity index (χ0n) is 21.0. The number of alkyl halides is 2. The Kier molecular flexibility index (Phi) is 6.55. The molecule has 2 aliphatic carbocycles. The Labute approximate surface area is 212 Å². The molecule has 0 bridgehead atoms. The predicted molar refractivity (Wildman–Crippen MR) is 132 cm³/mol. The Morgan fingerprint density at radius 2 is 1.89 bits per heavy atom. The lowest BCUT2D eigenvalue weighted by molar-refractivity contribution is -0.139. The average Bonchev–Trinajstić information content (AvgIpc) is 3.53. The highest BCUT2D eigenvalue weighted by molar-refractivity contribution is 5.97. The number of nitrogens with one attached hydrogen (secondary N) is 1. The number of halogens is 2. The van der Waals surface area contributed by atoms with E-state index in [4.69, 9.17) is 0 Å². The summed E-state index contributed by atoms with van der Waals surface area (Å²) in [5.41, 5.74) is -0.224. The fourth-order valence-corrected chi connectivity index (χ4v) is 5.01. The van der Waals surface area contributed by atoms with Gasteiger partial charge in [-0.3, -0.25) is 23.9 Å². The van der Waals surface area contributed by atoms with Crippen LogP contribution in [0.3, 0.4) is 0 Å². The van der Waals surface area contributed by atoms with Crippen molar-refractivity contribution in [2.24, 2.45) is 5.92 Å². The number of carbonyl (C=O) groups excluding carboxylic acids is 2. The quantitative estimate of drug-likeness (QED) is 0.540. The smallest absolute Gasteiger partial charge is 0.270 e. The predicted octanol–water partition coefficient (Wildman–Crippen LogP) is 1.70. The van der Waals surface area contributed by atoms with Gasteiger partial charge in [0, 0.05) is 69.3 Å². The van der Waals surface area contributed by atoms with E-state index in [9.17, 15) is 28.3 Å². The van der Waals surface area contributed by atoms with Crippen molar-refractivity contribution in [3.05, 3.63) is 33.8 Å². The average molecular weight is 519 g/mol. The van der Waals surface area contributed by atoms with Gasteiger partial charge < -0.3 is 15.3 Å². The molecule has 1 saturated heterocycles. The summed E-state index contributed by atoms with van der Waals surface area (Å²) in [6.07, 6.45) is 5.81. The normalized spacial score (nSPS) is 20.6. The number of rotatable bonds is 7. The first-order valence-electron chi connectivity index (χ1n) is 12.8. The largest absolute Gasteiger partial charge is 0.492 e. The Morgan fingerprint density at radius 1 is 1.22 bits per heavy atom. The van der Waals surface area contributed by atoms with Crippen LogP contribution < -0.4 is 10.9 Å². The number of nitrogens with zero attached hydrogens (tertiary/aromatic N) is 5. The number of amides is 2. The van der Waals surface area contributed by atoms with Gasteiger partial charge in [0.25, 0.3) is 17.4 Å². The molecule has 10 nitrogen and oxygen atoms in total. The van der Waals surface area contributed by atoms with Gasteiger partial charge in [-0.15, -0.1) is 0 Å². The molecule has 2 aromatic rings. The van der Waals surface area contributed by atoms with Crippen LogP contribution in [-0.2, 0) is 11.3 Å². The molecule has 0 aromatic carbocycles. The number of hydrogen-bond donors (Lipinski definition) is 2. The number of carbonyl (C=O) groups is 2. The Morgan fingerprint density at radius 3 is 2.49 bits per heavy atom. The summed E-state index contributed by atoms with van der Waals surface area (Å²) in [5.74, 6) is -3.91. The summed E-state index contributed by atoms with van der Waals surface area (Å²) in [6.45, 7) is 6.12. The summed E-state index contributed by atoms with van der Waals surface area (Å²) < 4.78 is 29.0. The van der Waals surface area contributed by atoms with Gasteiger partial charge in [-0.1, -0.05) is 13.8 Å². The molecular weight excluding hydrogens is 486 g/mol. The number of fused-ring (bicyclic) bond motifs is 1. The van der Waals surface area contributed by atoms with Crippen molar-refractivity contribution in [2.75, 3.05) is 26.2 Å². The topological polar surface area (TPSA) is 112 Å². The van der Waals surface area contributed by atoms with Crippen LogP contribution in [0.4, 0.5) is 8.78 Å². The number of hydrogen-bond acceptors (Lipinski definition) is 6. The van der Waals surface area contributed by atoms with E-state index in [-0.39, 0.29) is 48.9 Å². The standard InChI is InChI=1S/C25H32F2N6O4/c1-15(2)14-32-22-16(13-28-33(22)24(37)20(23(32)36)21(35)29-17-4-5-17)3-6-19(34)31-9-7-30(8-10-31)18-11-25(26,27)12-18/h3,6,13,15,17-18,37H,4-5,7-12,14H2,1-2H3,(H,29,35). The molecule has 0 spiro atoms. The van der Waals surface area contributed by atoms with Crippen molar-refractivity contribution < 1.29 is 23.5 Å². The molecule has 0 atom stereocenters. The molecule has 3 fully saturated rings. The van der Waals surface area contributed by atoms with Gasteiger partial charge in [-0.25, -0.2) is 8.78 Å². The first kappa shape index (κ1) is 25.4. The third kappa shape index (κ3) is 5.11. The second kappa shape index (κ2) is 9.55. The van der Waals surface area contributed by atoms with Gasteiger partial charge in [-0.2, -0.15) is 9.61 Å². The minimum absolute atomic E-state index is 0.0132. The fraction of sp³-hybridized carbons (Fsp3) is 0.600. The molecule has 0 unspecified atom stereocenters. The summed E-state index contributed by atoms with van der Waals surface area (Å²) in [6, 6.07) is -0.109. The third-order valence-corrected chi connectivity index (χ3v) is 7.21. The van der Waals surface area contributed by atoms with Crippen molar-refractivity contribution in [3.8, 4) is 5.88 Å². The van der Waals surface area contributed by atoms with Crippen LogP contribution in [-0.4, -0.2) is 85.1 Å². The molecule has 2 N–H and O–H groups in total. The van der Waals surface area contributed by atoms with Gasteiger partial charge >= 0.3 is 0 Å². The van der Waals surface area contributed by atoms with E-state index < -0.39 is 23.3 Å². The lowest BCUT2D eigenvalue weighted by Crippen LogP contribution is -2.57. The molecule has 0 radical (unpaired) electrons. The van der Waals surface area contributed by atoms with Crippen molar-refractivity contribution in [1.29, 1.82) is 0 Å². The van der Waals surface area contributed by atoms with Crippen LogP contribution in [0.2, 0.25) is 0 Å². The monoisotopic (exact) mass is 518 g/mol. The van der Waals surface area contributed by atoms with E-state index in [0.717, 1.165) is 17.4 Å². The zero-order valence-corrected chi connectivity index (χ0v) is 21.0. The second-order valence-corrected chi connectivity index (χ2v) is 10.7. The molecule has 12 heteroatoms. The molecule has 2 aromatic heterocycles. The van der Waals surface area contributed by atoms with Crippen LogP contribution in [0.25, 0.3) is 11.7 Å². The van der Waals surface area contributed by atoms with Crippen molar-refractivity contribution >= 4 is 23.5 Å². The first-order chi connectivity index (χ1) is 17.5. The van der Waals surface area contributed by atoms with Crippen LogP contribution in [0.15, 0.2) is 17.1 Å². The van der Waals surface area contributed by atoms with Gasteiger partial charge in [0.1, 0.15) is 5.65 Å². The van der Waals surface area contributed by atoms with Crippen LogP contribution in [0, 0.1) is 5.92 Å². The van der Waals surface area contributed by atoms with Crippen molar-refractivity contribution in [3.63, 3.8) is 0 Å². The van der Waals surface area contributed by atoms with E-state index in [2.05, 4.69) is 10.4 Å². The molecule has 5 rings (SSSR count). The Hall–Kier alpha value is -3.28. The Balaban J connectivity index is 1.36. The number of piperazine rings is 1. The van der Waals surface area contributed by atoms with Gasteiger partial charge in [-0.05, 0) is 24.8 Å². The fourth-order valence-electron chi connectivity index (χ4n) is 5.01. The van der Waals surface area contributed by atoms with Gasteiger partial charge in [0.05, 0.1) is 6.20 Å². The SMILES string of the molecule is CC(C)Cn1c(=O)c(C(=O)NC2CC2)c(O)n2ncc(C=CC(=O)N3CCN(C4CC(F)(F)C4)CC3)c12. The second-order valence-electron chi connectivity index (χ2n) is 10.7. The third-order valence-electron chi connectivity index (χ3n) is 7.21. The van der Waals surface area contributed by atoms with E-state index in [0.29, 0.717) is 37.4 Å². The lowest BCUT2D eigenvalue weighted by Gasteiger charge is -2.46. The minimum Gasteiger partial charge on any atom is -0.492 e. The molecule has 3 heterocycles.